The predicted octanol–water partition coefficient (Wildman–Crippen LogP) is 3.59. The topological polar surface area (TPSA) is 68.2 Å². The Balaban J connectivity index is 1.44. The SMILES string of the molecule is COCc1cc2c(cc1OCc1ccccc1)-c1cc(OC[C@@H]3COCCO3)cc(=O)n1CC2. The summed E-state index contributed by atoms with van der Waals surface area (Å²) in [7, 11) is 1.68. The third kappa shape index (κ3) is 5.01. The molecule has 7 heteroatoms. The van der Waals surface area contributed by atoms with Crippen molar-refractivity contribution in [1.29, 1.82) is 0 Å². The van der Waals surface area contributed by atoms with Gasteiger partial charge >= 0.3 is 0 Å². The molecule has 7 nitrogen and oxygen atoms in total. The zero-order valence-electron chi connectivity index (χ0n) is 19.3. The van der Waals surface area contributed by atoms with Crippen molar-refractivity contribution in [3.05, 3.63) is 81.6 Å². The quantitative estimate of drug-likeness (QED) is 0.509. The van der Waals surface area contributed by atoms with Crippen LogP contribution < -0.4 is 15.0 Å². The summed E-state index contributed by atoms with van der Waals surface area (Å²) in [5, 5.41) is 0. The Morgan fingerprint density at radius 1 is 1.03 bits per heavy atom. The fourth-order valence-corrected chi connectivity index (χ4v) is 4.42. The van der Waals surface area contributed by atoms with Gasteiger partial charge in [-0.1, -0.05) is 30.3 Å². The summed E-state index contributed by atoms with van der Waals surface area (Å²) in [6, 6.07) is 17.7. The lowest BCUT2D eigenvalue weighted by atomic mass is 9.94. The van der Waals surface area contributed by atoms with Gasteiger partial charge in [-0.15, -0.1) is 0 Å². The maximum Gasteiger partial charge on any atom is 0.254 e. The minimum atomic E-state index is -0.130. The number of hydrogen-bond donors (Lipinski definition) is 0. The van der Waals surface area contributed by atoms with Crippen LogP contribution in [0.15, 0.2) is 59.4 Å². The highest BCUT2D eigenvalue weighted by molar-refractivity contribution is 5.70. The van der Waals surface area contributed by atoms with Crippen LogP contribution in [0.3, 0.4) is 0 Å². The second-order valence-electron chi connectivity index (χ2n) is 8.52. The summed E-state index contributed by atoms with van der Waals surface area (Å²) in [5.41, 5.74) is 4.98. The molecule has 178 valence electrons. The maximum absolute atomic E-state index is 12.9. The molecule has 2 aliphatic rings. The Labute approximate surface area is 198 Å². The number of benzene rings is 2. The maximum atomic E-state index is 12.9. The van der Waals surface area contributed by atoms with Crippen LogP contribution in [0.1, 0.15) is 16.7 Å². The first-order valence-corrected chi connectivity index (χ1v) is 11.6. The molecule has 0 unspecified atom stereocenters. The largest absolute Gasteiger partial charge is 0.491 e. The van der Waals surface area contributed by atoms with Gasteiger partial charge in [0.1, 0.15) is 30.8 Å². The van der Waals surface area contributed by atoms with E-state index in [4.69, 9.17) is 23.7 Å². The molecule has 2 aromatic carbocycles. The first-order chi connectivity index (χ1) is 16.7. The van der Waals surface area contributed by atoms with Crippen molar-refractivity contribution in [2.24, 2.45) is 0 Å². The number of ether oxygens (including phenoxy) is 5. The molecule has 1 fully saturated rings. The molecule has 0 aliphatic carbocycles. The van der Waals surface area contributed by atoms with E-state index >= 15 is 0 Å². The van der Waals surface area contributed by atoms with Gasteiger partial charge in [-0.05, 0) is 29.7 Å². The van der Waals surface area contributed by atoms with Crippen molar-refractivity contribution < 1.29 is 23.7 Å². The molecule has 5 rings (SSSR count). The van der Waals surface area contributed by atoms with Gasteiger partial charge in [-0.3, -0.25) is 4.79 Å². The molecule has 0 radical (unpaired) electrons. The van der Waals surface area contributed by atoms with Crippen molar-refractivity contribution in [1.82, 2.24) is 4.57 Å². The summed E-state index contributed by atoms with van der Waals surface area (Å²) in [4.78, 5) is 12.9. The van der Waals surface area contributed by atoms with Crippen molar-refractivity contribution in [2.75, 3.05) is 33.5 Å². The van der Waals surface area contributed by atoms with E-state index in [1.807, 2.05) is 42.5 Å². The lowest BCUT2D eigenvalue weighted by Gasteiger charge is -2.25. The first-order valence-electron chi connectivity index (χ1n) is 11.6. The summed E-state index contributed by atoms with van der Waals surface area (Å²) in [6.45, 7) is 3.53. The Morgan fingerprint density at radius 3 is 2.71 bits per heavy atom. The van der Waals surface area contributed by atoms with Crippen molar-refractivity contribution in [3.63, 3.8) is 0 Å². The first kappa shape index (κ1) is 22.7. The predicted molar refractivity (Wildman–Crippen MR) is 127 cm³/mol. The Morgan fingerprint density at radius 2 is 1.91 bits per heavy atom. The third-order valence-corrected chi connectivity index (χ3v) is 6.13. The standard InChI is InChI=1S/C27H29NO6/c1-30-16-21-11-20-7-8-28-25(24(20)14-26(21)34-15-19-5-3-2-4-6-19)12-22(13-27(28)29)33-18-23-17-31-9-10-32-23/h2-6,11-14,23H,7-10,15-18H2,1H3/t23-/m0/s1. The van der Waals surface area contributed by atoms with Crippen LogP contribution in [0.2, 0.25) is 0 Å². The highest BCUT2D eigenvalue weighted by Crippen LogP contribution is 2.36. The van der Waals surface area contributed by atoms with E-state index in [9.17, 15) is 4.79 Å². The summed E-state index contributed by atoms with van der Waals surface area (Å²) >= 11 is 0. The molecular weight excluding hydrogens is 434 g/mol. The van der Waals surface area contributed by atoms with Gasteiger partial charge in [0, 0.05) is 36.9 Å². The van der Waals surface area contributed by atoms with E-state index in [2.05, 4.69) is 6.07 Å². The average Bonchev–Trinajstić information content (AvgIpc) is 2.87. The number of aryl methyl sites for hydroxylation is 1. The number of nitrogens with zero attached hydrogens (tertiary/aromatic N) is 1. The minimum Gasteiger partial charge on any atom is -0.491 e. The summed E-state index contributed by atoms with van der Waals surface area (Å²) in [5.74, 6) is 1.29. The van der Waals surface area contributed by atoms with Gasteiger partial charge in [0.25, 0.3) is 5.56 Å². The van der Waals surface area contributed by atoms with Crippen LogP contribution in [0.5, 0.6) is 11.5 Å². The van der Waals surface area contributed by atoms with E-state index in [1.54, 1.807) is 17.7 Å². The van der Waals surface area contributed by atoms with Crippen LogP contribution in [0, 0.1) is 0 Å². The number of methoxy groups -OCH3 is 1. The van der Waals surface area contributed by atoms with E-state index in [1.165, 1.54) is 5.56 Å². The van der Waals surface area contributed by atoms with Crippen LogP contribution in [-0.2, 0) is 40.4 Å². The molecule has 0 saturated carbocycles. The third-order valence-electron chi connectivity index (χ3n) is 6.13. The molecule has 3 aromatic rings. The number of pyridine rings is 1. The lowest BCUT2D eigenvalue weighted by Crippen LogP contribution is -2.33. The lowest BCUT2D eigenvalue weighted by molar-refractivity contribution is -0.101. The molecule has 0 N–H and O–H groups in total. The van der Waals surface area contributed by atoms with E-state index in [0.717, 1.165) is 34.6 Å². The normalized spacial score (nSPS) is 17.0. The van der Waals surface area contributed by atoms with Crippen LogP contribution in [0.4, 0.5) is 0 Å². The monoisotopic (exact) mass is 463 g/mol. The Kier molecular flexibility index (Phi) is 6.94. The fourth-order valence-electron chi connectivity index (χ4n) is 4.42. The zero-order chi connectivity index (χ0) is 23.3. The zero-order valence-corrected chi connectivity index (χ0v) is 19.3. The smallest absolute Gasteiger partial charge is 0.254 e. The van der Waals surface area contributed by atoms with Gasteiger partial charge in [-0.25, -0.2) is 0 Å². The molecule has 0 bridgehead atoms. The van der Waals surface area contributed by atoms with Gasteiger partial charge in [0.2, 0.25) is 0 Å². The molecule has 1 atom stereocenters. The van der Waals surface area contributed by atoms with Crippen molar-refractivity contribution in [3.8, 4) is 22.8 Å². The van der Waals surface area contributed by atoms with Gasteiger partial charge in [0.15, 0.2) is 0 Å². The highest BCUT2D eigenvalue weighted by Gasteiger charge is 2.22. The molecule has 3 heterocycles. The van der Waals surface area contributed by atoms with Gasteiger partial charge in [0.05, 0.1) is 32.1 Å². The van der Waals surface area contributed by atoms with E-state index in [-0.39, 0.29) is 11.7 Å². The highest BCUT2D eigenvalue weighted by atomic mass is 16.6. The molecule has 1 aromatic heterocycles. The molecule has 1 saturated heterocycles. The number of fused-ring (bicyclic) bond motifs is 3. The molecule has 0 spiro atoms. The Bertz CT molecular complexity index is 1180. The Hall–Kier alpha value is -3.13. The minimum absolute atomic E-state index is 0.0771. The molecule has 2 aliphatic heterocycles. The molecule has 34 heavy (non-hydrogen) atoms. The summed E-state index contributed by atoms with van der Waals surface area (Å²) < 4.78 is 30.5. The van der Waals surface area contributed by atoms with Crippen molar-refractivity contribution >= 4 is 0 Å². The second kappa shape index (κ2) is 10.4. The average molecular weight is 464 g/mol. The molecular formula is C27H29NO6. The fraction of sp³-hybridized carbons (Fsp3) is 0.370. The van der Waals surface area contributed by atoms with E-state index in [0.29, 0.717) is 51.9 Å². The van der Waals surface area contributed by atoms with Gasteiger partial charge < -0.3 is 28.3 Å². The van der Waals surface area contributed by atoms with Crippen LogP contribution in [0.25, 0.3) is 11.3 Å². The van der Waals surface area contributed by atoms with Crippen LogP contribution >= 0.6 is 0 Å². The van der Waals surface area contributed by atoms with E-state index < -0.39 is 0 Å². The second-order valence-corrected chi connectivity index (χ2v) is 8.52. The number of hydrogen-bond acceptors (Lipinski definition) is 6. The molecule has 0 amide bonds. The van der Waals surface area contributed by atoms with Crippen molar-refractivity contribution in [2.45, 2.75) is 32.3 Å². The van der Waals surface area contributed by atoms with Crippen LogP contribution in [-0.4, -0.2) is 44.2 Å². The number of rotatable bonds is 8. The number of aromatic nitrogens is 1. The van der Waals surface area contributed by atoms with Gasteiger partial charge in [-0.2, -0.15) is 0 Å². The summed E-state index contributed by atoms with van der Waals surface area (Å²) in [6.07, 6.45) is 0.639.